The predicted octanol–water partition coefficient (Wildman–Crippen LogP) is 4.06. The number of hydrogen-bond acceptors (Lipinski definition) is 7. The summed E-state index contributed by atoms with van der Waals surface area (Å²) >= 11 is 9.50. The van der Waals surface area contributed by atoms with Gasteiger partial charge < -0.3 is 19.4 Å². The van der Waals surface area contributed by atoms with Gasteiger partial charge in [0.05, 0.1) is 23.9 Å². The summed E-state index contributed by atoms with van der Waals surface area (Å²) < 4.78 is 5.96. The number of nitrogens with zero attached hydrogens (tertiary/aromatic N) is 4. The molecule has 1 atom stereocenters. The summed E-state index contributed by atoms with van der Waals surface area (Å²) in [6.07, 6.45) is 3.73. The van der Waals surface area contributed by atoms with Crippen molar-refractivity contribution in [1.82, 2.24) is 14.8 Å². The molecular formula is C24H29ClN4O4S2. The lowest BCUT2D eigenvalue weighted by Gasteiger charge is -2.25. The normalized spacial score (nSPS) is 18.7. The van der Waals surface area contributed by atoms with E-state index in [0.717, 1.165) is 39.1 Å². The van der Waals surface area contributed by atoms with Crippen LogP contribution in [-0.4, -0.2) is 79.3 Å². The number of thioether (sulfide) groups is 1. The number of likely N-dealkylation sites (tertiary alicyclic amines) is 1. The summed E-state index contributed by atoms with van der Waals surface area (Å²) in [4.78, 5) is 46.8. The molecule has 8 nitrogen and oxygen atoms in total. The number of benzene rings is 1. The zero-order chi connectivity index (χ0) is 25.2. The molecule has 2 aliphatic heterocycles. The molecule has 0 aliphatic carbocycles. The number of ether oxygens (including phenoxy) is 1. The Morgan fingerprint density at radius 2 is 2.09 bits per heavy atom. The molecule has 1 fully saturated rings. The first-order valence-corrected chi connectivity index (χ1v) is 13.6. The van der Waals surface area contributed by atoms with E-state index in [4.69, 9.17) is 16.3 Å². The van der Waals surface area contributed by atoms with Crippen LogP contribution in [0.15, 0.2) is 28.6 Å². The SMILES string of the molecule is COC(=O)N1CCC2(C1)CN(C(=O)Cc1ncc(SCCCC(=O)N(C)C)s1)c1ccc(Cl)cc12. The molecule has 0 saturated carbocycles. The van der Waals surface area contributed by atoms with E-state index in [1.807, 2.05) is 17.0 Å². The topological polar surface area (TPSA) is 83.0 Å². The maximum atomic E-state index is 13.4. The van der Waals surface area contributed by atoms with Crippen LogP contribution in [0, 0.1) is 0 Å². The van der Waals surface area contributed by atoms with E-state index in [1.54, 1.807) is 47.9 Å². The molecule has 1 aromatic carbocycles. The molecule has 2 aromatic rings. The molecule has 3 heterocycles. The van der Waals surface area contributed by atoms with Crippen LogP contribution in [0.25, 0.3) is 0 Å². The average molecular weight is 537 g/mol. The van der Waals surface area contributed by atoms with Gasteiger partial charge in [-0.05, 0) is 42.4 Å². The van der Waals surface area contributed by atoms with Gasteiger partial charge >= 0.3 is 6.09 Å². The number of rotatable bonds is 7. The van der Waals surface area contributed by atoms with Crippen molar-refractivity contribution in [3.05, 3.63) is 40.0 Å². The molecule has 0 radical (unpaired) electrons. The standard InChI is InChI=1S/C24H29ClN4O4S2/c1-27(2)20(30)5-4-10-34-22-13-26-19(35-22)12-21(31)29-15-24(8-9-28(14-24)23(32)33-3)17-11-16(25)6-7-18(17)29/h6-7,11,13H,4-5,8-10,12,14-15H2,1-3H3. The minimum Gasteiger partial charge on any atom is -0.453 e. The lowest BCUT2D eigenvalue weighted by Crippen LogP contribution is -2.40. The number of hydrogen-bond donors (Lipinski definition) is 0. The molecule has 11 heteroatoms. The van der Waals surface area contributed by atoms with Gasteiger partial charge in [0.25, 0.3) is 0 Å². The Balaban J connectivity index is 1.41. The third-order valence-corrected chi connectivity index (χ3v) is 9.00. The number of anilines is 1. The van der Waals surface area contributed by atoms with Gasteiger partial charge in [-0.25, -0.2) is 9.78 Å². The Morgan fingerprint density at radius 1 is 1.29 bits per heavy atom. The summed E-state index contributed by atoms with van der Waals surface area (Å²) in [6, 6.07) is 5.61. The maximum absolute atomic E-state index is 13.4. The molecular weight excluding hydrogens is 508 g/mol. The van der Waals surface area contributed by atoms with Gasteiger partial charge in [0.1, 0.15) is 5.01 Å². The summed E-state index contributed by atoms with van der Waals surface area (Å²) in [5.41, 5.74) is 1.51. The van der Waals surface area contributed by atoms with Crippen LogP contribution in [0.2, 0.25) is 5.02 Å². The fourth-order valence-electron chi connectivity index (χ4n) is 4.66. The summed E-state index contributed by atoms with van der Waals surface area (Å²) in [6.45, 7) is 1.57. The van der Waals surface area contributed by atoms with Gasteiger partial charge in [0, 0.05) is 56.3 Å². The summed E-state index contributed by atoms with van der Waals surface area (Å²) in [7, 11) is 4.91. The monoisotopic (exact) mass is 536 g/mol. The van der Waals surface area contributed by atoms with Crippen molar-refractivity contribution < 1.29 is 19.1 Å². The van der Waals surface area contributed by atoms with Crippen LogP contribution < -0.4 is 4.90 Å². The van der Waals surface area contributed by atoms with Crippen LogP contribution in [0.4, 0.5) is 10.5 Å². The number of methoxy groups -OCH3 is 1. The Morgan fingerprint density at radius 3 is 2.83 bits per heavy atom. The maximum Gasteiger partial charge on any atom is 0.409 e. The second kappa shape index (κ2) is 10.8. The van der Waals surface area contributed by atoms with Crippen molar-refractivity contribution in [2.45, 2.75) is 35.3 Å². The largest absolute Gasteiger partial charge is 0.453 e. The average Bonchev–Trinajstić information content (AvgIpc) is 3.54. The fraction of sp³-hybridized carbons (Fsp3) is 0.500. The molecule has 2 aliphatic rings. The van der Waals surface area contributed by atoms with E-state index in [2.05, 4.69) is 4.98 Å². The summed E-state index contributed by atoms with van der Waals surface area (Å²) in [5.74, 6) is 0.932. The van der Waals surface area contributed by atoms with Gasteiger partial charge in [-0.2, -0.15) is 0 Å². The molecule has 3 amide bonds. The van der Waals surface area contributed by atoms with E-state index < -0.39 is 0 Å². The Bertz CT molecular complexity index is 1120. The molecule has 1 unspecified atom stereocenters. The summed E-state index contributed by atoms with van der Waals surface area (Å²) in [5, 5.41) is 1.38. The number of carbonyl (C=O) groups is 3. The smallest absolute Gasteiger partial charge is 0.409 e. The second-order valence-corrected chi connectivity index (χ2v) is 12.0. The number of carbonyl (C=O) groups excluding carboxylic acids is 3. The number of halogens is 1. The Labute approximate surface area is 218 Å². The van der Waals surface area contributed by atoms with Crippen molar-refractivity contribution >= 4 is 58.3 Å². The van der Waals surface area contributed by atoms with E-state index in [9.17, 15) is 14.4 Å². The molecule has 1 aromatic heterocycles. The highest BCUT2D eigenvalue weighted by Crippen LogP contribution is 2.47. The van der Waals surface area contributed by atoms with Crippen LogP contribution in [-0.2, 0) is 26.2 Å². The second-order valence-electron chi connectivity index (χ2n) is 9.05. The molecule has 1 spiro atoms. The van der Waals surface area contributed by atoms with Crippen molar-refractivity contribution in [2.24, 2.45) is 0 Å². The van der Waals surface area contributed by atoms with Crippen molar-refractivity contribution in [2.75, 3.05) is 51.5 Å². The molecule has 1 saturated heterocycles. The molecule has 35 heavy (non-hydrogen) atoms. The van der Waals surface area contributed by atoms with Gasteiger partial charge in [-0.1, -0.05) is 11.6 Å². The number of thiazole rings is 1. The molecule has 4 rings (SSSR count). The highest BCUT2D eigenvalue weighted by atomic mass is 35.5. The number of aromatic nitrogens is 1. The molecule has 0 N–H and O–H groups in total. The lowest BCUT2D eigenvalue weighted by atomic mass is 9.81. The van der Waals surface area contributed by atoms with E-state index in [0.29, 0.717) is 31.1 Å². The van der Waals surface area contributed by atoms with Gasteiger partial charge in [-0.3, -0.25) is 9.59 Å². The number of amides is 3. The fourth-order valence-corrected chi connectivity index (χ4v) is 6.86. The first kappa shape index (κ1) is 25.8. The highest BCUT2D eigenvalue weighted by molar-refractivity contribution is 8.01. The van der Waals surface area contributed by atoms with Crippen LogP contribution >= 0.6 is 34.7 Å². The van der Waals surface area contributed by atoms with Crippen LogP contribution in [0.3, 0.4) is 0 Å². The Hall–Kier alpha value is -2.30. The van der Waals surface area contributed by atoms with E-state index in [1.165, 1.54) is 18.4 Å². The van der Waals surface area contributed by atoms with E-state index >= 15 is 0 Å². The van der Waals surface area contributed by atoms with E-state index in [-0.39, 0.29) is 29.7 Å². The van der Waals surface area contributed by atoms with Crippen molar-refractivity contribution in [3.63, 3.8) is 0 Å². The predicted molar refractivity (Wildman–Crippen MR) is 139 cm³/mol. The van der Waals surface area contributed by atoms with Gasteiger partial charge in [0.15, 0.2) is 0 Å². The Kier molecular flexibility index (Phi) is 7.92. The van der Waals surface area contributed by atoms with Gasteiger partial charge in [0.2, 0.25) is 11.8 Å². The van der Waals surface area contributed by atoms with Gasteiger partial charge in [-0.15, -0.1) is 23.1 Å². The zero-order valence-corrected chi connectivity index (χ0v) is 22.5. The van der Waals surface area contributed by atoms with Crippen molar-refractivity contribution in [3.8, 4) is 0 Å². The van der Waals surface area contributed by atoms with Crippen LogP contribution in [0.1, 0.15) is 29.8 Å². The third-order valence-electron chi connectivity index (χ3n) is 6.48. The molecule has 188 valence electrons. The minimum absolute atomic E-state index is 0.0237. The number of fused-ring (bicyclic) bond motifs is 2. The molecule has 0 bridgehead atoms. The minimum atomic E-state index is -0.353. The third kappa shape index (κ3) is 5.59. The zero-order valence-electron chi connectivity index (χ0n) is 20.1. The first-order valence-electron chi connectivity index (χ1n) is 11.4. The highest BCUT2D eigenvalue weighted by Gasteiger charge is 2.50. The van der Waals surface area contributed by atoms with Crippen LogP contribution in [0.5, 0.6) is 0 Å². The van der Waals surface area contributed by atoms with Crippen molar-refractivity contribution in [1.29, 1.82) is 0 Å². The lowest BCUT2D eigenvalue weighted by molar-refractivity contribution is -0.128. The first-order chi connectivity index (χ1) is 16.7. The quantitative estimate of drug-likeness (QED) is 0.392.